The second-order valence-corrected chi connectivity index (χ2v) is 10.4. The Hall–Kier alpha value is -3.48. The van der Waals surface area contributed by atoms with Crippen molar-refractivity contribution in [2.24, 2.45) is 5.14 Å². The standard InChI is InChI=1S/C25H19IN6O2S/c26-22-11-4-8-18(30-22)14-29-25-23-20(16-6-2-1-3-7-16)9-5-10-21(23)31-24(32-25)17-12-19(15-28-13-17)35(27,33)34/h1-13,15H,14H2,(H2,27,33,34)(H,29,31,32). The van der Waals surface area contributed by atoms with Gasteiger partial charge in [-0.25, -0.2) is 28.5 Å². The van der Waals surface area contributed by atoms with E-state index in [1.54, 1.807) is 0 Å². The fourth-order valence-corrected chi connectivity index (χ4v) is 4.73. The van der Waals surface area contributed by atoms with Gasteiger partial charge in [0.1, 0.15) is 14.4 Å². The first kappa shape index (κ1) is 23.3. The molecule has 2 aromatic carbocycles. The molecule has 0 saturated heterocycles. The maximum atomic E-state index is 11.9. The number of aromatic nitrogens is 4. The van der Waals surface area contributed by atoms with E-state index in [2.05, 4.69) is 37.9 Å². The van der Waals surface area contributed by atoms with E-state index in [1.165, 1.54) is 18.5 Å². The van der Waals surface area contributed by atoms with E-state index in [-0.39, 0.29) is 4.90 Å². The number of rotatable bonds is 6. The van der Waals surface area contributed by atoms with Crippen molar-refractivity contribution < 1.29 is 8.42 Å². The molecule has 174 valence electrons. The number of sulfonamides is 1. The topological polar surface area (TPSA) is 124 Å². The predicted molar refractivity (Wildman–Crippen MR) is 144 cm³/mol. The average Bonchev–Trinajstić information content (AvgIpc) is 2.87. The van der Waals surface area contributed by atoms with Gasteiger partial charge in [0.2, 0.25) is 10.0 Å². The van der Waals surface area contributed by atoms with Gasteiger partial charge in [-0.3, -0.25) is 4.98 Å². The lowest BCUT2D eigenvalue weighted by atomic mass is 10.0. The lowest BCUT2D eigenvalue weighted by molar-refractivity contribution is 0.597. The Morgan fingerprint density at radius 2 is 1.66 bits per heavy atom. The molecule has 0 aliphatic rings. The number of nitrogens with zero attached hydrogens (tertiary/aromatic N) is 4. The van der Waals surface area contributed by atoms with E-state index in [0.29, 0.717) is 29.3 Å². The number of nitrogens with one attached hydrogen (secondary N) is 1. The smallest absolute Gasteiger partial charge is 0.239 e. The number of halogens is 1. The summed E-state index contributed by atoms with van der Waals surface area (Å²) >= 11 is 2.18. The van der Waals surface area contributed by atoms with E-state index < -0.39 is 10.0 Å². The van der Waals surface area contributed by atoms with Crippen LogP contribution in [0.1, 0.15) is 5.69 Å². The number of pyridine rings is 2. The van der Waals surface area contributed by atoms with E-state index in [4.69, 9.17) is 15.1 Å². The molecule has 0 fully saturated rings. The highest BCUT2D eigenvalue weighted by Gasteiger charge is 2.16. The highest BCUT2D eigenvalue weighted by Crippen LogP contribution is 2.34. The van der Waals surface area contributed by atoms with Crippen molar-refractivity contribution in [3.05, 3.63) is 94.6 Å². The van der Waals surface area contributed by atoms with E-state index in [1.807, 2.05) is 66.7 Å². The van der Waals surface area contributed by atoms with Gasteiger partial charge in [0, 0.05) is 18.0 Å². The van der Waals surface area contributed by atoms with Crippen LogP contribution in [-0.2, 0) is 16.6 Å². The summed E-state index contributed by atoms with van der Waals surface area (Å²) in [6, 6.07) is 23.1. The second kappa shape index (κ2) is 9.64. The molecule has 0 unspecified atom stereocenters. The van der Waals surface area contributed by atoms with Gasteiger partial charge < -0.3 is 5.32 Å². The van der Waals surface area contributed by atoms with Gasteiger partial charge in [-0.2, -0.15) is 0 Å². The molecule has 10 heteroatoms. The normalized spacial score (nSPS) is 11.5. The van der Waals surface area contributed by atoms with Crippen LogP contribution in [0.3, 0.4) is 0 Å². The molecule has 3 heterocycles. The summed E-state index contributed by atoms with van der Waals surface area (Å²) in [6.45, 7) is 0.445. The first-order valence-corrected chi connectivity index (χ1v) is 13.2. The van der Waals surface area contributed by atoms with Crippen LogP contribution >= 0.6 is 22.6 Å². The Balaban J connectivity index is 1.68. The third kappa shape index (κ3) is 5.14. The monoisotopic (exact) mass is 594 g/mol. The summed E-state index contributed by atoms with van der Waals surface area (Å²) < 4.78 is 24.6. The number of nitrogens with two attached hydrogens (primary N) is 1. The Morgan fingerprint density at radius 1 is 0.857 bits per heavy atom. The lowest BCUT2D eigenvalue weighted by Crippen LogP contribution is -2.12. The highest BCUT2D eigenvalue weighted by atomic mass is 127. The third-order valence-corrected chi connectivity index (χ3v) is 6.80. The number of hydrogen-bond acceptors (Lipinski definition) is 7. The summed E-state index contributed by atoms with van der Waals surface area (Å²) in [5, 5.41) is 9.57. The Morgan fingerprint density at radius 3 is 2.43 bits per heavy atom. The highest BCUT2D eigenvalue weighted by molar-refractivity contribution is 14.1. The van der Waals surface area contributed by atoms with Gasteiger partial charge in [0.05, 0.1) is 23.1 Å². The molecule has 0 aliphatic heterocycles. The molecule has 0 saturated carbocycles. The zero-order valence-corrected chi connectivity index (χ0v) is 21.2. The van der Waals surface area contributed by atoms with E-state index >= 15 is 0 Å². The van der Waals surface area contributed by atoms with Crippen molar-refractivity contribution in [3.63, 3.8) is 0 Å². The number of anilines is 1. The van der Waals surface area contributed by atoms with Crippen LogP contribution in [0, 0.1) is 3.70 Å². The van der Waals surface area contributed by atoms with E-state index in [9.17, 15) is 8.42 Å². The van der Waals surface area contributed by atoms with Gasteiger partial charge >= 0.3 is 0 Å². The SMILES string of the molecule is NS(=O)(=O)c1cncc(-c2nc(NCc3cccc(I)n3)c3c(-c4ccccc4)cccc3n2)c1. The molecule has 5 aromatic rings. The van der Waals surface area contributed by atoms with Crippen LogP contribution in [0.2, 0.25) is 0 Å². The second-order valence-electron chi connectivity index (χ2n) is 7.72. The van der Waals surface area contributed by atoms with Gasteiger partial charge in [-0.1, -0.05) is 48.5 Å². The molecular weight excluding hydrogens is 575 g/mol. The molecule has 0 spiro atoms. The first-order valence-electron chi connectivity index (χ1n) is 10.6. The van der Waals surface area contributed by atoms with Crippen molar-refractivity contribution >= 4 is 49.3 Å². The molecule has 0 atom stereocenters. The molecule has 8 nitrogen and oxygen atoms in total. The van der Waals surface area contributed by atoms with Gasteiger partial charge in [0.15, 0.2) is 5.82 Å². The summed E-state index contributed by atoms with van der Waals surface area (Å²) in [6.07, 6.45) is 2.72. The van der Waals surface area contributed by atoms with Crippen LogP contribution in [-0.4, -0.2) is 28.4 Å². The van der Waals surface area contributed by atoms with Crippen molar-refractivity contribution in [2.75, 3.05) is 5.32 Å². The third-order valence-electron chi connectivity index (χ3n) is 5.32. The largest absolute Gasteiger partial charge is 0.364 e. The van der Waals surface area contributed by atoms with Crippen molar-refractivity contribution in [2.45, 2.75) is 11.4 Å². The van der Waals surface area contributed by atoms with Gasteiger partial charge in [-0.05, 0) is 58.0 Å². The first-order chi connectivity index (χ1) is 16.9. The Labute approximate surface area is 215 Å². The summed E-state index contributed by atoms with van der Waals surface area (Å²) in [7, 11) is -3.92. The summed E-state index contributed by atoms with van der Waals surface area (Å²) in [4.78, 5) is 18.0. The fourth-order valence-electron chi connectivity index (χ4n) is 3.72. The zero-order valence-electron chi connectivity index (χ0n) is 18.3. The number of benzene rings is 2. The van der Waals surface area contributed by atoms with Gasteiger partial charge in [0.25, 0.3) is 0 Å². The van der Waals surface area contributed by atoms with Crippen molar-refractivity contribution in [1.29, 1.82) is 0 Å². The molecule has 0 aliphatic carbocycles. The quantitative estimate of drug-likeness (QED) is 0.217. The molecule has 3 aromatic heterocycles. The molecule has 3 N–H and O–H groups in total. The minimum atomic E-state index is -3.92. The van der Waals surface area contributed by atoms with Crippen LogP contribution in [0.15, 0.2) is 90.1 Å². The maximum Gasteiger partial charge on any atom is 0.239 e. The molecule has 0 radical (unpaired) electrons. The van der Waals surface area contributed by atoms with Crippen molar-refractivity contribution in [1.82, 2.24) is 19.9 Å². The minimum Gasteiger partial charge on any atom is -0.364 e. The molecule has 0 amide bonds. The summed E-state index contributed by atoms with van der Waals surface area (Å²) in [5.41, 5.74) is 4.02. The minimum absolute atomic E-state index is 0.102. The number of primary sulfonamides is 1. The fraction of sp³-hybridized carbons (Fsp3) is 0.0400. The zero-order chi connectivity index (χ0) is 24.4. The number of fused-ring (bicyclic) bond motifs is 1. The van der Waals surface area contributed by atoms with Crippen molar-refractivity contribution in [3.8, 4) is 22.5 Å². The molecule has 35 heavy (non-hydrogen) atoms. The molecule has 5 rings (SSSR count). The van der Waals surface area contributed by atoms with Crippen LogP contribution in [0.4, 0.5) is 5.82 Å². The van der Waals surface area contributed by atoms with Crippen LogP contribution in [0.25, 0.3) is 33.4 Å². The lowest BCUT2D eigenvalue weighted by Gasteiger charge is -2.14. The number of hydrogen-bond donors (Lipinski definition) is 2. The van der Waals surface area contributed by atoms with Crippen LogP contribution < -0.4 is 10.5 Å². The summed E-state index contributed by atoms with van der Waals surface area (Å²) in [5.74, 6) is 0.935. The molecular formula is C25H19IN6O2S. The van der Waals surface area contributed by atoms with Gasteiger partial charge in [-0.15, -0.1) is 0 Å². The predicted octanol–water partition coefficient (Wildman–Crippen LogP) is 4.62. The molecule has 0 bridgehead atoms. The van der Waals surface area contributed by atoms with E-state index in [0.717, 1.165) is 25.9 Å². The Bertz CT molecular complexity index is 1650. The Kier molecular flexibility index (Phi) is 6.41. The average molecular weight is 594 g/mol. The maximum absolute atomic E-state index is 11.9. The van der Waals surface area contributed by atoms with Crippen LogP contribution in [0.5, 0.6) is 0 Å².